The van der Waals surface area contributed by atoms with Crippen LogP contribution in [0.15, 0.2) is 29.2 Å². The molecule has 0 bridgehead atoms. The van der Waals surface area contributed by atoms with Crippen molar-refractivity contribution in [2.75, 3.05) is 6.54 Å². The number of aliphatic carboxylic acids is 1. The van der Waals surface area contributed by atoms with Gasteiger partial charge in [0.2, 0.25) is 10.0 Å². The van der Waals surface area contributed by atoms with Crippen LogP contribution in [0.3, 0.4) is 0 Å². The summed E-state index contributed by atoms with van der Waals surface area (Å²) in [5.74, 6) is -1.07. The van der Waals surface area contributed by atoms with Crippen LogP contribution in [-0.4, -0.2) is 36.4 Å². The fourth-order valence-electron chi connectivity index (χ4n) is 2.69. The van der Waals surface area contributed by atoms with E-state index in [1.807, 2.05) is 0 Å². The molecule has 21 heavy (non-hydrogen) atoms. The normalized spacial score (nSPS) is 20.3. The van der Waals surface area contributed by atoms with Crippen molar-refractivity contribution < 1.29 is 18.3 Å². The first-order valence-electron chi connectivity index (χ1n) is 7.30. The maximum Gasteiger partial charge on any atom is 0.322 e. The molecule has 6 heteroatoms. The van der Waals surface area contributed by atoms with Gasteiger partial charge in [-0.2, -0.15) is 4.31 Å². The number of carboxylic acid groups (broad SMARTS) is 1. The van der Waals surface area contributed by atoms with E-state index in [2.05, 4.69) is 6.92 Å². The van der Waals surface area contributed by atoms with Gasteiger partial charge >= 0.3 is 5.97 Å². The molecule has 1 atom stereocenters. The summed E-state index contributed by atoms with van der Waals surface area (Å²) in [6, 6.07) is 5.81. The Morgan fingerprint density at radius 1 is 1.29 bits per heavy atom. The van der Waals surface area contributed by atoms with Crippen molar-refractivity contribution in [1.29, 1.82) is 0 Å². The van der Waals surface area contributed by atoms with Crippen molar-refractivity contribution >= 4 is 16.0 Å². The first kappa shape index (κ1) is 16.0. The zero-order valence-electron chi connectivity index (χ0n) is 12.2. The van der Waals surface area contributed by atoms with E-state index in [9.17, 15) is 18.3 Å². The molecule has 116 valence electrons. The van der Waals surface area contributed by atoms with Gasteiger partial charge in [-0.25, -0.2) is 8.42 Å². The minimum absolute atomic E-state index is 0.176. The molecule has 1 saturated heterocycles. The number of nitrogens with zero attached hydrogens (tertiary/aromatic N) is 1. The monoisotopic (exact) mass is 311 g/mol. The number of aryl methyl sites for hydroxylation is 1. The maximum atomic E-state index is 12.6. The van der Waals surface area contributed by atoms with Crippen LogP contribution in [0.5, 0.6) is 0 Å². The van der Waals surface area contributed by atoms with Crippen molar-refractivity contribution in [1.82, 2.24) is 4.31 Å². The molecule has 5 nitrogen and oxygen atoms in total. The Hall–Kier alpha value is -1.40. The number of carboxylic acids is 1. The zero-order chi connectivity index (χ0) is 15.5. The smallest absolute Gasteiger partial charge is 0.322 e. The van der Waals surface area contributed by atoms with Crippen LogP contribution in [0.25, 0.3) is 0 Å². The molecule has 1 aliphatic heterocycles. The lowest BCUT2D eigenvalue weighted by molar-refractivity contribution is -0.142. The predicted molar refractivity (Wildman–Crippen MR) is 79.6 cm³/mol. The van der Waals surface area contributed by atoms with Crippen LogP contribution in [-0.2, 0) is 21.2 Å². The lowest BCUT2D eigenvalue weighted by atomic mass is 10.1. The molecule has 0 spiro atoms. The van der Waals surface area contributed by atoms with Crippen molar-refractivity contribution in [2.45, 2.75) is 50.0 Å². The summed E-state index contributed by atoms with van der Waals surface area (Å²) >= 11 is 0. The summed E-state index contributed by atoms with van der Waals surface area (Å²) in [5.41, 5.74) is 1.09. The van der Waals surface area contributed by atoms with Crippen LogP contribution in [0.4, 0.5) is 0 Å². The third-order valence-electron chi connectivity index (χ3n) is 3.81. The van der Waals surface area contributed by atoms with Crippen LogP contribution in [0.2, 0.25) is 0 Å². The van der Waals surface area contributed by atoms with Gasteiger partial charge in [-0.1, -0.05) is 25.5 Å². The molecule has 0 saturated carbocycles. The molecule has 0 aliphatic carbocycles. The number of rotatable bonds is 5. The van der Waals surface area contributed by atoms with Crippen molar-refractivity contribution in [2.24, 2.45) is 0 Å². The van der Waals surface area contributed by atoms with E-state index in [1.54, 1.807) is 24.3 Å². The molecule has 1 aliphatic rings. The lowest BCUT2D eigenvalue weighted by Gasteiger charge is -2.31. The Morgan fingerprint density at radius 2 is 1.95 bits per heavy atom. The summed E-state index contributed by atoms with van der Waals surface area (Å²) < 4.78 is 26.4. The highest BCUT2D eigenvalue weighted by Gasteiger charge is 2.37. The highest BCUT2D eigenvalue weighted by Crippen LogP contribution is 2.25. The minimum Gasteiger partial charge on any atom is -0.480 e. The van der Waals surface area contributed by atoms with Crippen LogP contribution >= 0.6 is 0 Å². The minimum atomic E-state index is -3.74. The van der Waals surface area contributed by atoms with Crippen molar-refractivity contribution in [3.63, 3.8) is 0 Å². The van der Waals surface area contributed by atoms with E-state index < -0.39 is 22.0 Å². The summed E-state index contributed by atoms with van der Waals surface area (Å²) in [6.45, 7) is 2.34. The molecule has 0 radical (unpaired) electrons. The summed E-state index contributed by atoms with van der Waals surface area (Å²) in [5, 5.41) is 9.23. The average molecular weight is 311 g/mol. The highest BCUT2D eigenvalue weighted by molar-refractivity contribution is 7.89. The molecular weight excluding hydrogens is 290 g/mol. The van der Waals surface area contributed by atoms with Gasteiger partial charge in [0, 0.05) is 6.54 Å². The maximum absolute atomic E-state index is 12.6. The van der Waals surface area contributed by atoms with E-state index in [1.165, 1.54) is 0 Å². The topological polar surface area (TPSA) is 74.7 Å². The number of hydrogen-bond acceptors (Lipinski definition) is 3. The zero-order valence-corrected chi connectivity index (χ0v) is 13.0. The molecule has 0 amide bonds. The molecule has 2 rings (SSSR count). The SMILES string of the molecule is CCCc1ccc(S(=O)(=O)N2CCCC[C@H]2C(=O)O)cc1. The van der Waals surface area contributed by atoms with E-state index in [4.69, 9.17) is 0 Å². The molecule has 1 fully saturated rings. The number of sulfonamides is 1. The number of carbonyl (C=O) groups is 1. The van der Waals surface area contributed by atoms with Crippen molar-refractivity contribution in [3.05, 3.63) is 29.8 Å². The van der Waals surface area contributed by atoms with Crippen LogP contribution in [0, 0.1) is 0 Å². The van der Waals surface area contributed by atoms with Gasteiger partial charge < -0.3 is 5.11 Å². The van der Waals surface area contributed by atoms with E-state index >= 15 is 0 Å². The van der Waals surface area contributed by atoms with Gasteiger partial charge in [0.15, 0.2) is 0 Å². The van der Waals surface area contributed by atoms with Gasteiger partial charge in [0.25, 0.3) is 0 Å². The summed E-state index contributed by atoms with van der Waals surface area (Å²) in [6.07, 6.45) is 3.74. The summed E-state index contributed by atoms with van der Waals surface area (Å²) in [7, 11) is -3.74. The van der Waals surface area contributed by atoms with E-state index in [0.717, 1.165) is 29.1 Å². The Balaban J connectivity index is 2.29. The third kappa shape index (κ3) is 3.44. The fraction of sp³-hybridized carbons (Fsp3) is 0.533. The Kier molecular flexibility index (Phi) is 5.00. The fourth-order valence-corrected chi connectivity index (χ4v) is 4.34. The molecule has 1 aromatic rings. The first-order valence-corrected chi connectivity index (χ1v) is 8.74. The largest absolute Gasteiger partial charge is 0.480 e. The lowest BCUT2D eigenvalue weighted by Crippen LogP contribution is -2.47. The highest BCUT2D eigenvalue weighted by atomic mass is 32.2. The quantitative estimate of drug-likeness (QED) is 0.905. The van der Waals surface area contributed by atoms with Crippen molar-refractivity contribution in [3.8, 4) is 0 Å². The van der Waals surface area contributed by atoms with Gasteiger partial charge in [0.1, 0.15) is 6.04 Å². The average Bonchev–Trinajstić information content (AvgIpc) is 2.48. The number of benzene rings is 1. The molecular formula is C15H21NO4S. The van der Waals surface area contributed by atoms with E-state index in [0.29, 0.717) is 12.8 Å². The first-order chi connectivity index (χ1) is 9.96. The van der Waals surface area contributed by atoms with Crippen LogP contribution < -0.4 is 0 Å². The number of piperidine rings is 1. The second-order valence-corrected chi connectivity index (χ2v) is 7.25. The third-order valence-corrected chi connectivity index (χ3v) is 5.73. The Morgan fingerprint density at radius 3 is 2.52 bits per heavy atom. The molecule has 0 aromatic heterocycles. The van der Waals surface area contributed by atoms with Gasteiger partial charge in [-0.3, -0.25) is 4.79 Å². The van der Waals surface area contributed by atoms with Gasteiger partial charge in [-0.05, 0) is 43.4 Å². The van der Waals surface area contributed by atoms with E-state index in [-0.39, 0.29) is 11.4 Å². The van der Waals surface area contributed by atoms with Crippen LogP contribution in [0.1, 0.15) is 38.2 Å². The standard InChI is InChI=1S/C15H21NO4S/c1-2-5-12-7-9-13(10-8-12)21(19,20)16-11-4-3-6-14(16)15(17)18/h7-10,14H,2-6,11H2,1H3,(H,17,18)/t14-/m0/s1. The Labute approximate surface area is 125 Å². The second kappa shape index (κ2) is 6.58. The molecule has 1 heterocycles. The Bertz CT molecular complexity index is 595. The number of hydrogen-bond donors (Lipinski definition) is 1. The van der Waals surface area contributed by atoms with Gasteiger partial charge in [0.05, 0.1) is 4.90 Å². The molecule has 0 unspecified atom stereocenters. The summed E-state index contributed by atoms with van der Waals surface area (Å²) in [4.78, 5) is 11.5. The second-order valence-electron chi connectivity index (χ2n) is 5.36. The predicted octanol–water partition coefficient (Wildman–Crippen LogP) is 2.27. The molecule has 1 N–H and O–H groups in total. The molecule has 1 aromatic carbocycles. The van der Waals surface area contributed by atoms with Gasteiger partial charge in [-0.15, -0.1) is 0 Å².